The molecule has 0 heterocycles. The molecule has 20 heavy (non-hydrogen) atoms. The van der Waals surface area contributed by atoms with Crippen molar-refractivity contribution in [2.75, 3.05) is 19.9 Å². The molecule has 0 bridgehead atoms. The molecular weight excluding hydrogens is 255 g/mol. The highest BCUT2D eigenvalue weighted by Crippen LogP contribution is 2.22. The third-order valence-electron chi connectivity index (χ3n) is 3.20. The van der Waals surface area contributed by atoms with E-state index in [1.807, 2.05) is 36.2 Å². The lowest BCUT2D eigenvalue weighted by Gasteiger charge is -2.18. The van der Waals surface area contributed by atoms with Gasteiger partial charge in [-0.15, -0.1) is 0 Å². The normalized spacial score (nSPS) is 10.8. The van der Waals surface area contributed by atoms with Gasteiger partial charge in [0.25, 0.3) is 0 Å². The van der Waals surface area contributed by atoms with Crippen molar-refractivity contribution >= 4 is 5.69 Å². The lowest BCUT2D eigenvalue weighted by atomic mass is 10.1. The lowest BCUT2D eigenvalue weighted by Crippen LogP contribution is -2.19. The first kappa shape index (κ1) is 14.3. The Balaban J connectivity index is 2.09. The van der Waals surface area contributed by atoms with Crippen LogP contribution in [0.5, 0.6) is 5.75 Å². The maximum atomic E-state index is 14.1. The van der Waals surface area contributed by atoms with Crippen LogP contribution < -0.4 is 10.5 Å². The van der Waals surface area contributed by atoms with Crippen molar-refractivity contribution < 1.29 is 9.13 Å². The van der Waals surface area contributed by atoms with Crippen LogP contribution in [0.3, 0.4) is 0 Å². The molecule has 0 fully saturated rings. The number of anilines is 1. The van der Waals surface area contributed by atoms with Gasteiger partial charge in [0.05, 0.1) is 7.11 Å². The average molecular weight is 274 g/mol. The number of para-hydroxylation sites is 1. The number of halogens is 1. The van der Waals surface area contributed by atoms with Gasteiger partial charge in [-0.3, -0.25) is 4.90 Å². The molecule has 0 aromatic heterocycles. The third kappa shape index (κ3) is 3.27. The van der Waals surface area contributed by atoms with Gasteiger partial charge in [0.1, 0.15) is 0 Å². The second-order valence-corrected chi connectivity index (χ2v) is 4.80. The number of benzene rings is 2. The molecule has 0 atom stereocenters. The van der Waals surface area contributed by atoms with E-state index in [2.05, 4.69) is 0 Å². The number of methoxy groups -OCH3 is 1. The Labute approximate surface area is 118 Å². The van der Waals surface area contributed by atoms with E-state index >= 15 is 0 Å². The number of hydrogen-bond acceptors (Lipinski definition) is 3. The summed E-state index contributed by atoms with van der Waals surface area (Å²) in [6.07, 6.45) is 0. The van der Waals surface area contributed by atoms with E-state index in [1.54, 1.807) is 18.2 Å². The van der Waals surface area contributed by atoms with E-state index < -0.39 is 0 Å². The van der Waals surface area contributed by atoms with Gasteiger partial charge in [-0.1, -0.05) is 30.3 Å². The number of nitrogen functional groups attached to an aromatic ring is 1. The molecule has 106 valence electrons. The molecule has 3 nitrogen and oxygen atoms in total. The molecule has 0 radical (unpaired) electrons. The van der Waals surface area contributed by atoms with Gasteiger partial charge >= 0.3 is 0 Å². The highest BCUT2D eigenvalue weighted by molar-refractivity contribution is 5.46. The van der Waals surface area contributed by atoms with E-state index in [-0.39, 0.29) is 11.6 Å². The maximum Gasteiger partial charge on any atom is 0.169 e. The van der Waals surface area contributed by atoms with Crippen LogP contribution in [0.25, 0.3) is 0 Å². The summed E-state index contributed by atoms with van der Waals surface area (Å²) in [5, 5.41) is 0. The Morgan fingerprint density at radius 3 is 2.40 bits per heavy atom. The van der Waals surface area contributed by atoms with E-state index in [9.17, 15) is 4.39 Å². The van der Waals surface area contributed by atoms with Gasteiger partial charge in [0.2, 0.25) is 0 Å². The summed E-state index contributed by atoms with van der Waals surface area (Å²) in [4.78, 5) is 2.02. The predicted octanol–water partition coefficient (Wildman–Crippen LogP) is 3.05. The standard InChI is InChI=1S/C16H19FN2O/c1-19(10-12-6-3-4-8-14(12)18)11-13-7-5-9-15(20-2)16(13)17/h3-9H,10-11,18H2,1-2H3. The maximum absolute atomic E-state index is 14.1. The third-order valence-corrected chi connectivity index (χ3v) is 3.20. The summed E-state index contributed by atoms with van der Waals surface area (Å²) in [6.45, 7) is 1.17. The Morgan fingerprint density at radius 2 is 1.70 bits per heavy atom. The molecule has 0 saturated carbocycles. The Kier molecular flexibility index (Phi) is 4.58. The molecule has 4 heteroatoms. The Hall–Kier alpha value is -2.07. The molecule has 0 saturated heterocycles. The Morgan fingerprint density at radius 1 is 1.05 bits per heavy atom. The minimum Gasteiger partial charge on any atom is -0.494 e. The van der Waals surface area contributed by atoms with Crippen LogP contribution in [0.1, 0.15) is 11.1 Å². The van der Waals surface area contributed by atoms with Crippen LogP contribution in [0.2, 0.25) is 0 Å². The fourth-order valence-corrected chi connectivity index (χ4v) is 2.15. The van der Waals surface area contributed by atoms with Crippen molar-refractivity contribution in [1.29, 1.82) is 0 Å². The van der Waals surface area contributed by atoms with Gasteiger partial charge in [0, 0.05) is 24.3 Å². The van der Waals surface area contributed by atoms with E-state index in [4.69, 9.17) is 10.5 Å². The van der Waals surface area contributed by atoms with Crippen LogP contribution in [0, 0.1) is 5.82 Å². The van der Waals surface area contributed by atoms with Gasteiger partial charge in [-0.05, 0) is 24.7 Å². The summed E-state index contributed by atoms with van der Waals surface area (Å²) < 4.78 is 19.1. The molecule has 2 rings (SSSR count). The van der Waals surface area contributed by atoms with E-state index in [0.29, 0.717) is 18.7 Å². The SMILES string of the molecule is COc1cccc(CN(C)Cc2ccccc2N)c1F. The smallest absolute Gasteiger partial charge is 0.169 e. The molecule has 2 aromatic rings. The minimum atomic E-state index is -0.303. The van der Waals surface area contributed by atoms with Crippen molar-refractivity contribution in [3.8, 4) is 5.75 Å². The number of hydrogen-bond donors (Lipinski definition) is 1. The average Bonchev–Trinajstić information content (AvgIpc) is 2.44. The van der Waals surface area contributed by atoms with Crippen LogP contribution in [-0.2, 0) is 13.1 Å². The van der Waals surface area contributed by atoms with Crippen molar-refractivity contribution in [3.63, 3.8) is 0 Å². The summed E-state index contributed by atoms with van der Waals surface area (Å²) in [5.41, 5.74) is 8.32. The second-order valence-electron chi connectivity index (χ2n) is 4.80. The molecule has 2 aromatic carbocycles. The Bertz CT molecular complexity index is 586. The number of rotatable bonds is 5. The zero-order valence-electron chi connectivity index (χ0n) is 11.8. The van der Waals surface area contributed by atoms with E-state index in [1.165, 1.54) is 7.11 Å². The quantitative estimate of drug-likeness (QED) is 0.852. The second kappa shape index (κ2) is 6.39. The monoisotopic (exact) mass is 274 g/mol. The number of ether oxygens (including phenoxy) is 1. The highest BCUT2D eigenvalue weighted by atomic mass is 19.1. The molecule has 0 aliphatic carbocycles. The molecule has 0 unspecified atom stereocenters. The first-order chi connectivity index (χ1) is 9.61. The van der Waals surface area contributed by atoms with Crippen molar-refractivity contribution in [1.82, 2.24) is 4.90 Å². The van der Waals surface area contributed by atoms with Gasteiger partial charge in [-0.2, -0.15) is 0 Å². The molecule has 0 aliphatic heterocycles. The highest BCUT2D eigenvalue weighted by Gasteiger charge is 2.11. The number of nitrogens with zero attached hydrogens (tertiary/aromatic N) is 1. The zero-order valence-corrected chi connectivity index (χ0v) is 11.8. The summed E-state index contributed by atoms with van der Waals surface area (Å²) in [7, 11) is 3.40. The predicted molar refractivity (Wildman–Crippen MR) is 79.0 cm³/mol. The van der Waals surface area contributed by atoms with Gasteiger partial charge < -0.3 is 10.5 Å². The topological polar surface area (TPSA) is 38.5 Å². The lowest BCUT2D eigenvalue weighted by molar-refractivity contribution is 0.310. The molecule has 0 amide bonds. The van der Waals surface area contributed by atoms with Crippen molar-refractivity contribution in [3.05, 3.63) is 59.4 Å². The van der Waals surface area contributed by atoms with Gasteiger partial charge in [0.15, 0.2) is 11.6 Å². The summed E-state index contributed by atoms with van der Waals surface area (Å²) in [6, 6.07) is 12.9. The molecule has 0 spiro atoms. The fourth-order valence-electron chi connectivity index (χ4n) is 2.15. The summed E-state index contributed by atoms with van der Waals surface area (Å²) >= 11 is 0. The molecule has 0 aliphatic rings. The van der Waals surface area contributed by atoms with Crippen molar-refractivity contribution in [2.24, 2.45) is 0 Å². The van der Waals surface area contributed by atoms with Crippen molar-refractivity contribution in [2.45, 2.75) is 13.1 Å². The van der Waals surface area contributed by atoms with Crippen LogP contribution >= 0.6 is 0 Å². The summed E-state index contributed by atoms with van der Waals surface area (Å²) in [5.74, 6) is -0.0296. The van der Waals surface area contributed by atoms with E-state index in [0.717, 1.165) is 11.3 Å². The first-order valence-corrected chi connectivity index (χ1v) is 6.45. The van der Waals surface area contributed by atoms with Crippen LogP contribution in [-0.4, -0.2) is 19.1 Å². The number of nitrogens with two attached hydrogens (primary N) is 1. The first-order valence-electron chi connectivity index (χ1n) is 6.45. The van der Waals surface area contributed by atoms with Gasteiger partial charge in [-0.25, -0.2) is 4.39 Å². The minimum absolute atomic E-state index is 0.273. The zero-order chi connectivity index (χ0) is 14.5. The largest absolute Gasteiger partial charge is 0.494 e. The molecular formula is C16H19FN2O. The fraction of sp³-hybridized carbons (Fsp3) is 0.250. The van der Waals surface area contributed by atoms with Crippen LogP contribution in [0.15, 0.2) is 42.5 Å². The van der Waals surface area contributed by atoms with Crippen LogP contribution in [0.4, 0.5) is 10.1 Å². The molecule has 2 N–H and O–H groups in total.